The van der Waals surface area contributed by atoms with Gasteiger partial charge in [0.2, 0.25) is 0 Å². The first kappa shape index (κ1) is 17.5. The Labute approximate surface area is 153 Å². The van der Waals surface area contributed by atoms with Crippen molar-refractivity contribution in [2.75, 3.05) is 18.0 Å². The van der Waals surface area contributed by atoms with E-state index in [4.69, 9.17) is 5.11 Å². The van der Waals surface area contributed by atoms with Gasteiger partial charge in [-0.15, -0.1) is 0 Å². The van der Waals surface area contributed by atoms with Gasteiger partial charge in [0.05, 0.1) is 17.0 Å². The molecule has 0 radical (unpaired) electrons. The molecule has 140 valence electrons. The second-order valence-corrected chi connectivity index (χ2v) is 6.92. The molecule has 0 aliphatic carbocycles. The molecule has 0 unspecified atom stereocenters. The monoisotopic (exact) mass is 374 g/mol. The van der Waals surface area contributed by atoms with Crippen molar-refractivity contribution in [1.82, 2.24) is 4.57 Å². The van der Waals surface area contributed by atoms with Crippen LogP contribution < -0.4 is 4.90 Å². The van der Waals surface area contributed by atoms with E-state index >= 15 is 0 Å². The van der Waals surface area contributed by atoms with Gasteiger partial charge in [-0.3, -0.25) is 4.79 Å². The number of aliphatic carboxylic acids is 1. The highest BCUT2D eigenvalue weighted by Gasteiger charge is 2.33. The quantitative estimate of drug-likeness (QED) is 0.735. The lowest BCUT2D eigenvalue weighted by atomic mass is 9.99. The van der Waals surface area contributed by atoms with Gasteiger partial charge in [0.1, 0.15) is 0 Å². The van der Waals surface area contributed by atoms with E-state index in [1.54, 1.807) is 12.3 Å². The number of halogens is 3. The third-order valence-corrected chi connectivity index (χ3v) is 4.94. The number of carbonyl (C=O) groups is 1. The van der Waals surface area contributed by atoms with Crippen molar-refractivity contribution >= 4 is 22.6 Å². The fourth-order valence-electron chi connectivity index (χ4n) is 3.45. The number of fused-ring (bicyclic) bond motifs is 1. The first-order valence-electron chi connectivity index (χ1n) is 8.50. The maximum atomic E-state index is 12.9. The molecule has 4 rings (SSSR count). The van der Waals surface area contributed by atoms with Crippen molar-refractivity contribution in [1.29, 1.82) is 0 Å². The molecule has 2 aromatic carbocycles. The molecule has 1 saturated heterocycles. The number of hydrogen-bond donors (Lipinski definition) is 1. The number of alkyl halides is 3. The second-order valence-electron chi connectivity index (χ2n) is 6.92. The summed E-state index contributed by atoms with van der Waals surface area (Å²) in [4.78, 5) is 13.0. The van der Waals surface area contributed by atoms with Crippen molar-refractivity contribution in [2.45, 2.75) is 13.1 Å². The van der Waals surface area contributed by atoms with Crippen LogP contribution in [0.25, 0.3) is 16.6 Å². The Morgan fingerprint density at radius 2 is 1.78 bits per heavy atom. The first-order valence-corrected chi connectivity index (χ1v) is 8.50. The number of aromatic nitrogens is 1. The molecule has 7 heteroatoms. The van der Waals surface area contributed by atoms with Crippen molar-refractivity contribution in [3.63, 3.8) is 0 Å². The van der Waals surface area contributed by atoms with E-state index < -0.39 is 17.7 Å². The minimum absolute atomic E-state index is 0.359. The zero-order chi connectivity index (χ0) is 19.3. The van der Waals surface area contributed by atoms with Gasteiger partial charge < -0.3 is 14.6 Å². The molecule has 0 atom stereocenters. The van der Waals surface area contributed by atoms with E-state index in [1.165, 1.54) is 6.07 Å². The highest BCUT2D eigenvalue weighted by Crippen LogP contribution is 2.33. The Hall–Kier alpha value is -2.96. The molecule has 0 bridgehead atoms. The van der Waals surface area contributed by atoms with Gasteiger partial charge >= 0.3 is 12.1 Å². The minimum atomic E-state index is -4.37. The van der Waals surface area contributed by atoms with E-state index in [0.717, 1.165) is 29.1 Å². The summed E-state index contributed by atoms with van der Waals surface area (Å²) in [7, 11) is 0. The van der Waals surface area contributed by atoms with Crippen molar-refractivity contribution < 1.29 is 23.1 Å². The number of carboxylic acids is 1. The van der Waals surface area contributed by atoms with Crippen LogP contribution in [0.5, 0.6) is 0 Å². The zero-order valence-corrected chi connectivity index (χ0v) is 14.5. The molecular weight excluding hydrogens is 357 g/mol. The Kier molecular flexibility index (Phi) is 3.91. The van der Waals surface area contributed by atoms with Gasteiger partial charge in [0, 0.05) is 36.0 Å². The Morgan fingerprint density at radius 3 is 2.44 bits per heavy atom. The Balaban J connectivity index is 1.70. The summed E-state index contributed by atoms with van der Waals surface area (Å²) in [5.74, 6) is -1.15. The fourth-order valence-corrected chi connectivity index (χ4v) is 3.45. The summed E-state index contributed by atoms with van der Waals surface area (Å²) in [5.41, 5.74) is 2.76. The molecule has 0 spiro atoms. The van der Waals surface area contributed by atoms with Crippen LogP contribution in [0.4, 0.5) is 18.9 Å². The molecule has 2 heterocycles. The van der Waals surface area contributed by atoms with Crippen LogP contribution in [0.2, 0.25) is 0 Å². The van der Waals surface area contributed by atoms with Crippen molar-refractivity contribution in [3.8, 4) is 5.69 Å². The van der Waals surface area contributed by atoms with Crippen LogP contribution >= 0.6 is 0 Å². The first-order chi connectivity index (χ1) is 12.7. The maximum Gasteiger partial charge on any atom is 0.416 e. The number of carboxylic acid groups (broad SMARTS) is 1. The number of nitrogens with zero attached hydrogens (tertiary/aromatic N) is 2. The van der Waals surface area contributed by atoms with Gasteiger partial charge in [-0.2, -0.15) is 13.2 Å². The van der Waals surface area contributed by atoms with E-state index in [2.05, 4.69) is 0 Å². The predicted octanol–water partition coefficient (Wildman–Crippen LogP) is 4.48. The molecule has 1 fully saturated rings. The average Bonchev–Trinajstić information content (AvgIpc) is 2.94. The molecule has 27 heavy (non-hydrogen) atoms. The van der Waals surface area contributed by atoms with Crippen molar-refractivity contribution in [3.05, 3.63) is 59.8 Å². The second kappa shape index (κ2) is 6.04. The summed E-state index contributed by atoms with van der Waals surface area (Å²) in [6, 6.07) is 11.2. The van der Waals surface area contributed by atoms with Crippen LogP contribution in [0, 0.1) is 12.8 Å². The van der Waals surface area contributed by atoms with E-state index in [0.29, 0.717) is 24.0 Å². The SMILES string of the molecule is Cc1cc(N2CC(C(=O)O)C2)cc(-n2ccc3cc(C(F)(F)F)ccc32)c1. The van der Waals surface area contributed by atoms with E-state index in [9.17, 15) is 18.0 Å². The maximum absolute atomic E-state index is 12.9. The van der Waals surface area contributed by atoms with E-state index in [1.807, 2.05) is 34.6 Å². The van der Waals surface area contributed by atoms with Gasteiger partial charge in [-0.05, 0) is 55.0 Å². The number of rotatable bonds is 3. The van der Waals surface area contributed by atoms with E-state index in [-0.39, 0.29) is 5.92 Å². The molecule has 4 nitrogen and oxygen atoms in total. The predicted molar refractivity (Wildman–Crippen MR) is 96.4 cm³/mol. The third kappa shape index (κ3) is 3.13. The van der Waals surface area contributed by atoms with Crippen molar-refractivity contribution in [2.24, 2.45) is 5.92 Å². The largest absolute Gasteiger partial charge is 0.481 e. The van der Waals surface area contributed by atoms with Gasteiger partial charge in [0.25, 0.3) is 0 Å². The standard InChI is InChI=1S/C20H17F3N2O2/c1-12-6-16(24-10-14(11-24)19(26)27)9-17(7-12)25-5-4-13-8-15(20(21,22)23)2-3-18(13)25/h2-9,14H,10-11H2,1H3,(H,26,27). The highest BCUT2D eigenvalue weighted by molar-refractivity contribution is 5.83. The Morgan fingerprint density at radius 1 is 1.07 bits per heavy atom. The molecule has 3 aromatic rings. The molecule has 0 saturated carbocycles. The number of benzene rings is 2. The van der Waals surface area contributed by atoms with Crippen LogP contribution in [0.15, 0.2) is 48.7 Å². The van der Waals surface area contributed by atoms with Crippen LogP contribution in [0.3, 0.4) is 0 Å². The number of hydrogen-bond acceptors (Lipinski definition) is 2. The fraction of sp³-hybridized carbons (Fsp3) is 0.250. The lowest BCUT2D eigenvalue weighted by molar-refractivity contribution is -0.142. The zero-order valence-electron chi connectivity index (χ0n) is 14.5. The summed E-state index contributed by atoms with van der Waals surface area (Å²) >= 11 is 0. The lowest BCUT2D eigenvalue weighted by Gasteiger charge is -2.39. The molecule has 0 amide bonds. The Bertz CT molecular complexity index is 1030. The van der Waals surface area contributed by atoms with Gasteiger partial charge in [-0.1, -0.05) is 0 Å². The summed E-state index contributed by atoms with van der Waals surface area (Å²) in [6.45, 7) is 2.86. The summed E-state index contributed by atoms with van der Waals surface area (Å²) < 4.78 is 40.6. The molecule has 1 aliphatic rings. The average molecular weight is 374 g/mol. The number of aryl methyl sites for hydroxylation is 1. The van der Waals surface area contributed by atoms with Gasteiger partial charge in [-0.25, -0.2) is 0 Å². The minimum Gasteiger partial charge on any atom is -0.481 e. The van der Waals surface area contributed by atoms with Crippen LogP contribution in [-0.4, -0.2) is 28.7 Å². The molecule has 1 N–H and O–H groups in total. The summed E-state index contributed by atoms with van der Waals surface area (Å²) in [5, 5.41) is 9.56. The van der Waals surface area contributed by atoms with Gasteiger partial charge in [0.15, 0.2) is 0 Å². The normalized spacial score (nSPS) is 15.2. The third-order valence-electron chi connectivity index (χ3n) is 4.94. The smallest absolute Gasteiger partial charge is 0.416 e. The summed E-state index contributed by atoms with van der Waals surface area (Å²) in [6.07, 6.45) is -2.62. The topological polar surface area (TPSA) is 45.5 Å². The van der Waals surface area contributed by atoms with Crippen LogP contribution in [0.1, 0.15) is 11.1 Å². The van der Waals surface area contributed by atoms with Crippen LogP contribution in [-0.2, 0) is 11.0 Å². The molecule has 1 aliphatic heterocycles. The molecular formula is C20H17F3N2O2. The number of anilines is 1. The lowest BCUT2D eigenvalue weighted by Crippen LogP contribution is -2.50. The highest BCUT2D eigenvalue weighted by atomic mass is 19.4. The molecule has 1 aromatic heterocycles.